The highest BCUT2D eigenvalue weighted by atomic mass is 35.5. The summed E-state index contributed by atoms with van der Waals surface area (Å²) in [5.74, 6) is -0.941. The average molecular weight is 578 g/mol. The Labute approximate surface area is 233 Å². The second kappa shape index (κ2) is 10.5. The predicted octanol–water partition coefficient (Wildman–Crippen LogP) is 9.01. The average Bonchev–Trinajstić information content (AvgIpc) is 3.06. The molecule has 39 heavy (non-hydrogen) atoms. The van der Waals surface area contributed by atoms with E-state index in [1.807, 2.05) is 79.7 Å². The van der Waals surface area contributed by atoms with Crippen LogP contribution in [-0.4, -0.2) is 25.7 Å². The van der Waals surface area contributed by atoms with Gasteiger partial charge in [0.1, 0.15) is 28.5 Å². The van der Waals surface area contributed by atoms with E-state index < -0.39 is 30.4 Å². The minimum atomic E-state index is -3.47. The molecule has 0 aliphatic heterocycles. The van der Waals surface area contributed by atoms with Gasteiger partial charge in [0, 0.05) is 18.5 Å². The molecule has 2 heterocycles. The van der Waals surface area contributed by atoms with Gasteiger partial charge in [-0.15, -0.1) is 0 Å². The van der Waals surface area contributed by atoms with E-state index in [4.69, 9.17) is 20.6 Å². The summed E-state index contributed by atoms with van der Waals surface area (Å²) in [6.45, 7) is 15.1. The van der Waals surface area contributed by atoms with Crippen LogP contribution < -0.4 is 0 Å². The van der Waals surface area contributed by atoms with Crippen LogP contribution in [0, 0.1) is 11.6 Å². The largest absolute Gasteiger partial charge is 0.336 e. The maximum absolute atomic E-state index is 15.0. The first-order chi connectivity index (χ1) is 17.9. The van der Waals surface area contributed by atoms with Gasteiger partial charge >= 0.3 is 7.60 Å². The van der Waals surface area contributed by atoms with Crippen molar-refractivity contribution in [1.82, 2.24) is 14.5 Å². The monoisotopic (exact) mass is 577 g/mol. The van der Waals surface area contributed by atoms with Crippen molar-refractivity contribution in [2.24, 2.45) is 0 Å². The molecule has 4 aromatic rings. The van der Waals surface area contributed by atoms with E-state index in [2.05, 4.69) is 9.97 Å². The van der Waals surface area contributed by atoms with E-state index in [1.54, 1.807) is 4.57 Å². The van der Waals surface area contributed by atoms with E-state index in [0.29, 0.717) is 22.4 Å². The summed E-state index contributed by atoms with van der Waals surface area (Å²) < 4.78 is 56.6. The van der Waals surface area contributed by atoms with Crippen LogP contribution in [-0.2, 0) is 26.3 Å². The van der Waals surface area contributed by atoms with Gasteiger partial charge in [0.15, 0.2) is 5.15 Å². The van der Waals surface area contributed by atoms with Crippen molar-refractivity contribution in [1.29, 1.82) is 0 Å². The second-order valence-corrected chi connectivity index (χ2v) is 14.3. The molecule has 0 amide bonds. The van der Waals surface area contributed by atoms with Gasteiger partial charge in [-0.2, -0.15) is 0 Å². The van der Waals surface area contributed by atoms with Crippen LogP contribution in [0.1, 0.15) is 78.3 Å². The van der Waals surface area contributed by atoms with Gasteiger partial charge in [-0.25, -0.2) is 18.7 Å². The molecule has 6 nitrogen and oxygen atoms in total. The molecule has 0 saturated heterocycles. The zero-order valence-corrected chi connectivity index (χ0v) is 25.3. The Kier molecular flexibility index (Phi) is 8.01. The third-order valence-electron chi connectivity index (χ3n) is 5.77. The number of halogens is 3. The number of fused-ring (bicyclic) bond motifs is 3. The molecule has 0 fully saturated rings. The van der Waals surface area contributed by atoms with Crippen molar-refractivity contribution in [3.8, 4) is 0 Å². The molecule has 0 bridgehead atoms. The van der Waals surface area contributed by atoms with Gasteiger partial charge < -0.3 is 13.6 Å². The van der Waals surface area contributed by atoms with Crippen molar-refractivity contribution < 1.29 is 22.4 Å². The summed E-state index contributed by atoms with van der Waals surface area (Å²) in [7, 11) is -3.47. The molecular formula is C29H35ClF2N3O3P. The summed E-state index contributed by atoms with van der Waals surface area (Å²) in [6, 6.07) is 9.58. The summed E-state index contributed by atoms with van der Waals surface area (Å²) in [4.78, 5) is 9.01. The summed E-state index contributed by atoms with van der Waals surface area (Å²) >= 11 is 6.60. The van der Waals surface area contributed by atoms with Crippen molar-refractivity contribution in [2.45, 2.75) is 85.2 Å². The predicted molar refractivity (Wildman–Crippen MR) is 153 cm³/mol. The number of benzene rings is 2. The Bertz CT molecular complexity index is 1550. The van der Waals surface area contributed by atoms with Gasteiger partial charge in [-0.05, 0) is 58.7 Å². The zero-order chi connectivity index (χ0) is 28.9. The first kappa shape index (κ1) is 29.6. The number of rotatable bonds is 7. The Balaban J connectivity index is 1.73. The van der Waals surface area contributed by atoms with Crippen LogP contribution in [0.25, 0.3) is 21.9 Å². The van der Waals surface area contributed by atoms with E-state index in [9.17, 15) is 8.96 Å². The first-order valence-corrected chi connectivity index (χ1v) is 15.0. The fraction of sp³-hybridized carbons (Fsp3) is 0.448. The molecule has 0 unspecified atom stereocenters. The molecule has 2 aromatic carbocycles. The van der Waals surface area contributed by atoms with Crippen molar-refractivity contribution in [3.63, 3.8) is 0 Å². The smallest absolute Gasteiger partial charge is 0.332 e. The SMILES string of the molecule is CC(C)c1nc(Cl)c2c(n1)c1c(F)cc(F)cc1n2Cc1ccc(CP(=O)(OC(C)(C)C)OC(C)(C)C)cc1. The van der Waals surface area contributed by atoms with Gasteiger partial charge in [0.05, 0.1) is 28.3 Å². The van der Waals surface area contributed by atoms with Crippen LogP contribution in [0.15, 0.2) is 36.4 Å². The number of hydrogen-bond donors (Lipinski definition) is 0. The lowest BCUT2D eigenvalue weighted by Crippen LogP contribution is -2.24. The molecule has 4 rings (SSSR count). The third kappa shape index (κ3) is 6.86. The van der Waals surface area contributed by atoms with Crippen LogP contribution in [0.5, 0.6) is 0 Å². The van der Waals surface area contributed by atoms with Crippen molar-refractivity contribution in [2.75, 3.05) is 0 Å². The molecule has 2 aromatic heterocycles. The highest BCUT2D eigenvalue weighted by Crippen LogP contribution is 2.56. The highest BCUT2D eigenvalue weighted by Gasteiger charge is 2.35. The van der Waals surface area contributed by atoms with Crippen LogP contribution >= 0.6 is 19.2 Å². The van der Waals surface area contributed by atoms with Gasteiger partial charge in [-0.1, -0.05) is 49.7 Å². The van der Waals surface area contributed by atoms with Crippen LogP contribution in [0.3, 0.4) is 0 Å². The van der Waals surface area contributed by atoms with Crippen LogP contribution in [0.4, 0.5) is 8.78 Å². The highest BCUT2D eigenvalue weighted by molar-refractivity contribution is 7.53. The Hall–Kier alpha value is -2.38. The fourth-order valence-corrected chi connectivity index (χ4v) is 7.25. The zero-order valence-electron chi connectivity index (χ0n) is 23.6. The molecule has 0 atom stereocenters. The normalized spacial score (nSPS) is 13.2. The number of hydrogen-bond acceptors (Lipinski definition) is 5. The molecule has 0 aliphatic rings. The standard InChI is InChI=1S/C29H35ClF2N3O3P/c1-17(2)27-33-24-23-21(32)13-20(31)14-22(23)35(25(24)26(30)34-27)15-18-9-11-19(12-10-18)16-39(36,37-28(3,4)5)38-29(6,7)8/h9-14,17H,15-16H2,1-8H3. The third-order valence-corrected chi connectivity index (χ3v) is 8.44. The molecule has 10 heteroatoms. The summed E-state index contributed by atoms with van der Waals surface area (Å²) in [5, 5.41) is 0.379. The lowest BCUT2D eigenvalue weighted by atomic mass is 10.1. The Morgan fingerprint density at radius 3 is 2.05 bits per heavy atom. The second-order valence-electron chi connectivity index (χ2n) is 12.1. The minimum Gasteiger partial charge on any atom is -0.332 e. The number of nitrogens with zero attached hydrogens (tertiary/aromatic N) is 3. The molecular weight excluding hydrogens is 543 g/mol. The van der Waals surface area contributed by atoms with E-state index in [1.165, 1.54) is 6.07 Å². The van der Waals surface area contributed by atoms with E-state index in [0.717, 1.165) is 17.2 Å². The minimum absolute atomic E-state index is 0.0261. The summed E-state index contributed by atoms with van der Waals surface area (Å²) in [5.41, 5.74) is 1.43. The van der Waals surface area contributed by atoms with Crippen molar-refractivity contribution >= 4 is 41.1 Å². The topological polar surface area (TPSA) is 66.2 Å². The maximum Gasteiger partial charge on any atom is 0.336 e. The van der Waals surface area contributed by atoms with Crippen molar-refractivity contribution in [3.05, 3.63) is 70.1 Å². The number of aromatic nitrogens is 3. The van der Waals surface area contributed by atoms with E-state index >= 15 is 4.39 Å². The maximum atomic E-state index is 15.0. The molecule has 0 N–H and O–H groups in total. The molecule has 0 radical (unpaired) electrons. The van der Waals surface area contributed by atoms with Gasteiger partial charge in [0.25, 0.3) is 0 Å². The fourth-order valence-electron chi connectivity index (χ4n) is 4.48. The van der Waals surface area contributed by atoms with Crippen LogP contribution in [0.2, 0.25) is 5.15 Å². The molecule has 210 valence electrons. The molecule has 0 spiro atoms. The Morgan fingerprint density at radius 2 is 1.51 bits per heavy atom. The Morgan fingerprint density at radius 1 is 0.949 bits per heavy atom. The first-order valence-electron chi connectivity index (χ1n) is 12.9. The quantitative estimate of drug-likeness (QED) is 0.162. The van der Waals surface area contributed by atoms with E-state index in [-0.39, 0.29) is 29.2 Å². The summed E-state index contributed by atoms with van der Waals surface area (Å²) in [6.07, 6.45) is 0.102. The molecule has 0 saturated carbocycles. The lowest BCUT2D eigenvalue weighted by molar-refractivity contribution is 0.0485. The van der Waals surface area contributed by atoms with Gasteiger partial charge in [0.2, 0.25) is 0 Å². The van der Waals surface area contributed by atoms with Gasteiger partial charge in [-0.3, -0.25) is 4.57 Å². The lowest BCUT2D eigenvalue weighted by Gasteiger charge is -2.32. The molecule has 0 aliphatic carbocycles.